The maximum atomic E-state index is 11.1. The molecule has 0 aliphatic carbocycles. The third kappa shape index (κ3) is 1.76. The van der Waals surface area contributed by atoms with Gasteiger partial charge in [-0.05, 0) is 6.92 Å². The molecular weight excluding hydrogens is 215 g/mol. The molecule has 0 bridgehead atoms. The maximum absolute atomic E-state index is 11.1. The number of hydrogen-bond acceptors (Lipinski definition) is 3. The first-order chi connectivity index (χ1) is 5.34. The zero-order valence-electron chi connectivity index (χ0n) is 6.48. The van der Waals surface area contributed by atoms with Crippen LogP contribution in [0, 0.1) is 0 Å². The molecule has 0 radical (unpaired) electrons. The molecule has 1 fully saturated rings. The molecule has 0 aromatic rings. The zero-order chi connectivity index (χ0) is 9.52. The molecule has 0 spiro atoms. The number of amides is 1. The van der Waals surface area contributed by atoms with Crippen LogP contribution in [0.3, 0.4) is 0 Å². The van der Waals surface area contributed by atoms with Gasteiger partial charge in [0.15, 0.2) is 0 Å². The van der Waals surface area contributed by atoms with Crippen molar-refractivity contribution in [1.29, 1.82) is 0 Å². The number of rotatable bonds is 1. The van der Waals surface area contributed by atoms with Crippen molar-refractivity contribution in [3.63, 3.8) is 0 Å². The lowest BCUT2D eigenvalue weighted by Gasteiger charge is -2.30. The van der Waals surface area contributed by atoms with E-state index in [4.69, 9.17) is 0 Å². The Morgan fingerprint density at radius 1 is 1.42 bits per heavy atom. The van der Waals surface area contributed by atoms with E-state index >= 15 is 0 Å². The molecule has 1 aliphatic heterocycles. The van der Waals surface area contributed by atoms with Gasteiger partial charge in [0.1, 0.15) is 6.04 Å². The third-order valence-electron chi connectivity index (χ3n) is 1.53. The van der Waals surface area contributed by atoms with Crippen LogP contribution in [0.5, 0.6) is 0 Å². The van der Waals surface area contributed by atoms with E-state index in [0.29, 0.717) is 0 Å². The number of esters is 1. The van der Waals surface area contributed by atoms with Gasteiger partial charge in [-0.2, -0.15) is 0 Å². The molecule has 4 nitrogen and oxygen atoms in total. The van der Waals surface area contributed by atoms with Gasteiger partial charge in [0.2, 0.25) is 0 Å². The minimum atomic E-state index is -0.608. The van der Waals surface area contributed by atoms with Crippen molar-refractivity contribution in [1.82, 2.24) is 4.90 Å². The number of carbonyl (C=O) groups excluding carboxylic acids is 2. The minimum absolute atomic E-state index is 0.503. The molecule has 1 rings (SSSR count). The van der Waals surface area contributed by atoms with Gasteiger partial charge in [0, 0.05) is 0 Å². The summed E-state index contributed by atoms with van der Waals surface area (Å²) < 4.78 is 3.81. The second kappa shape index (κ2) is 3.18. The summed E-state index contributed by atoms with van der Waals surface area (Å²) in [6.45, 7) is 1.63. The van der Waals surface area contributed by atoms with E-state index in [2.05, 4.69) is 32.5 Å². The Labute approximate surface area is 77.4 Å². The van der Waals surface area contributed by atoms with Gasteiger partial charge in [-0.3, -0.25) is 4.90 Å². The van der Waals surface area contributed by atoms with Crippen LogP contribution in [-0.2, 0) is 9.53 Å². The van der Waals surface area contributed by atoms with Crippen LogP contribution in [0.4, 0.5) is 4.79 Å². The molecule has 4 atom stereocenters. The number of cyclic esters (lactones) is 2. The summed E-state index contributed by atoms with van der Waals surface area (Å²) in [5.74, 6) is -0.503. The van der Waals surface area contributed by atoms with E-state index < -0.39 is 22.9 Å². The van der Waals surface area contributed by atoms with Crippen LogP contribution >= 0.6 is 27.7 Å². The lowest BCUT2D eigenvalue weighted by Crippen LogP contribution is -2.40. The largest absolute Gasteiger partial charge is 0.419 e. The molecule has 7 heteroatoms. The Kier molecular flexibility index (Phi) is 2.73. The van der Waals surface area contributed by atoms with Crippen LogP contribution < -0.4 is 0 Å². The molecule has 68 valence electrons. The van der Waals surface area contributed by atoms with E-state index in [0.717, 1.165) is 0 Å². The Morgan fingerprint density at radius 2 is 1.92 bits per heavy atom. The van der Waals surface area contributed by atoms with Gasteiger partial charge in [-0.15, -0.1) is 27.7 Å². The summed E-state index contributed by atoms with van der Waals surface area (Å²) in [5, 5.41) is 0. The summed E-state index contributed by atoms with van der Waals surface area (Å²) >= 11 is 0. The average Bonchev–Trinajstić information content (AvgIpc) is 2.05. The molecule has 1 heterocycles. The van der Waals surface area contributed by atoms with Crippen molar-refractivity contribution in [3.8, 4) is 0 Å². The zero-order valence-corrected chi connectivity index (χ0v) is 9.95. The Hall–Kier alpha value is 0.230. The minimum Gasteiger partial charge on any atom is -0.375 e. The lowest BCUT2D eigenvalue weighted by atomic mass is 10.3. The van der Waals surface area contributed by atoms with Gasteiger partial charge < -0.3 is 4.74 Å². The van der Waals surface area contributed by atoms with E-state index in [1.807, 2.05) is 0 Å². The van der Waals surface area contributed by atoms with Crippen LogP contribution in [0.1, 0.15) is 6.92 Å². The van der Waals surface area contributed by atoms with Crippen LogP contribution in [0.15, 0.2) is 0 Å². The van der Waals surface area contributed by atoms with Crippen molar-refractivity contribution in [2.24, 2.45) is 0 Å². The first-order valence-electron chi connectivity index (χ1n) is 3.25. The van der Waals surface area contributed by atoms with Gasteiger partial charge in [-0.1, -0.05) is 0 Å². The molecule has 1 amide bonds. The van der Waals surface area contributed by atoms with E-state index in [1.54, 1.807) is 6.92 Å². The molecule has 0 N–H and O–H groups in total. The van der Waals surface area contributed by atoms with Gasteiger partial charge in [-0.25, -0.2) is 9.59 Å². The first kappa shape index (κ1) is 10.3. The highest BCUT2D eigenvalue weighted by Crippen LogP contribution is 2.41. The number of carbonyl (C=O) groups is 2. The van der Waals surface area contributed by atoms with Gasteiger partial charge in [0.05, 0.1) is 4.76 Å². The summed E-state index contributed by atoms with van der Waals surface area (Å²) in [6.07, 6.45) is -0.604. The topological polar surface area (TPSA) is 46.6 Å². The number of nitrogens with zero attached hydrogens (tertiary/aromatic N) is 1. The summed E-state index contributed by atoms with van der Waals surface area (Å²) in [4.78, 5) is 23.3. The van der Waals surface area contributed by atoms with Crippen molar-refractivity contribution in [2.75, 3.05) is 0 Å². The second-order valence-electron chi connectivity index (χ2n) is 2.62. The molecular formula is C5H10NO3P3. The fourth-order valence-electron chi connectivity index (χ4n) is 0.978. The van der Waals surface area contributed by atoms with Crippen molar-refractivity contribution >= 4 is 39.8 Å². The highest BCUT2D eigenvalue weighted by Gasteiger charge is 2.44. The predicted octanol–water partition coefficient (Wildman–Crippen LogP) is 0.590. The third-order valence-corrected chi connectivity index (χ3v) is 2.36. The lowest BCUT2D eigenvalue weighted by molar-refractivity contribution is -0.135. The highest BCUT2D eigenvalue weighted by molar-refractivity contribution is 7.57. The standard InChI is InChI=1S/C5H10NO3P3/c1-2-3(7)9-4(8)6(2)5(10,11)12/h2H,10-12H2,1H3. The second-order valence-corrected chi connectivity index (χ2v) is 7.39. The van der Waals surface area contributed by atoms with Crippen LogP contribution in [-0.4, -0.2) is 27.8 Å². The fraction of sp³-hybridized carbons (Fsp3) is 0.600. The first-order valence-corrected chi connectivity index (χ1v) is 4.99. The highest BCUT2D eigenvalue weighted by atomic mass is 31.1. The van der Waals surface area contributed by atoms with E-state index in [9.17, 15) is 9.59 Å². The van der Waals surface area contributed by atoms with Gasteiger partial charge in [0.25, 0.3) is 0 Å². The average molecular weight is 225 g/mol. The Balaban J connectivity index is 2.91. The monoisotopic (exact) mass is 225 g/mol. The van der Waals surface area contributed by atoms with E-state index in [-0.39, 0.29) is 0 Å². The quantitative estimate of drug-likeness (QED) is 0.372. The van der Waals surface area contributed by atoms with Crippen molar-refractivity contribution in [3.05, 3.63) is 0 Å². The SMILES string of the molecule is CC1C(=O)OC(=O)N1C(P)(P)P. The molecule has 1 aliphatic rings. The number of ether oxygens (including phenoxy) is 1. The summed E-state index contributed by atoms with van der Waals surface area (Å²) in [5.41, 5.74) is 0. The summed E-state index contributed by atoms with van der Waals surface area (Å²) in [6, 6.07) is -0.523. The van der Waals surface area contributed by atoms with Crippen molar-refractivity contribution in [2.45, 2.75) is 17.7 Å². The smallest absolute Gasteiger partial charge is 0.375 e. The molecule has 4 unspecified atom stereocenters. The Morgan fingerprint density at radius 3 is 2.08 bits per heavy atom. The normalized spacial score (nSPS) is 24.7. The number of hydrogen-bond donors (Lipinski definition) is 0. The molecule has 0 aromatic heterocycles. The van der Waals surface area contributed by atoms with Crippen LogP contribution in [0.2, 0.25) is 0 Å². The molecule has 12 heavy (non-hydrogen) atoms. The maximum Gasteiger partial charge on any atom is 0.419 e. The fourth-order valence-corrected chi connectivity index (χ4v) is 1.96. The Bertz CT molecular complexity index is 237. The molecule has 1 saturated heterocycles. The van der Waals surface area contributed by atoms with Crippen molar-refractivity contribution < 1.29 is 14.3 Å². The van der Waals surface area contributed by atoms with Gasteiger partial charge >= 0.3 is 12.1 Å². The molecule has 0 aromatic carbocycles. The molecule has 0 saturated carbocycles. The van der Waals surface area contributed by atoms with E-state index in [1.165, 1.54) is 4.90 Å². The predicted molar refractivity (Wildman–Crippen MR) is 54.7 cm³/mol. The summed E-state index contributed by atoms with van der Waals surface area (Å²) in [7, 11) is 7.27. The van der Waals surface area contributed by atoms with Crippen LogP contribution in [0.25, 0.3) is 0 Å².